The van der Waals surface area contributed by atoms with Crippen LogP contribution in [0.4, 0.5) is 4.39 Å². The van der Waals surface area contributed by atoms with E-state index in [1.54, 1.807) is 18.2 Å². The van der Waals surface area contributed by atoms with E-state index in [0.717, 1.165) is 16.9 Å². The lowest BCUT2D eigenvalue weighted by Crippen LogP contribution is -2.37. The molecule has 0 bridgehead atoms. The number of imidazole rings is 1. The van der Waals surface area contributed by atoms with Crippen LogP contribution >= 0.6 is 0 Å². The Kier molecular flexibility index (Phi) is 3.26. The first kappa shape index (κ1) is 13.8. The first-order valence-corrected chi connectivity index (χ1v) is 6.93. The lowest BCUT2D eigenvalue weighted by Gasteiger charge is -2.25. The van der Waals surface area contributed by atoms with E-state index in [2.05, 4.69) is 4.98 Å². The quantitative estimate of drug-likeness (QED) is 0.802. The molecule has 21 heavy (non-hydrogen) atoms. The molecule has 3 aromatic rings. The fraction of sp³-hybridized carbons (Fsp3) is 0.235. The van der Waals surface area contributed by atoms with Crippen LogP contribution in [0.5, 0.6) is 0 Å². The Balaban J connectivity index is 2.01. The highest BCUT2D eigenvalue weighted by atomic mass is 19.1. The number of nitrogens with two attached hydrogens (primary N) is 1. The number of benzene rings is 2. The van der Waals surface area contributed by atoms with Crippen molar-refractivity contribution in [2.45, 2.75) is 18.9 Å². The van der Waals surface area contributed by atoms with Crippen molar-refractivity contribution in [1.29, 1.82) is 0 Å². The minimum atomic E-state index is -0.805. The summed E-state index contributed by atoms with van der Waals surface area (Å²) < 4.78 is 16.0. The highest BCUT2D eigenvalue weighted by Gasteiger charge is 2.27. The SMILES string of the molecule is Cn1c(CC(C)(N)c2ccccc2F)nc2ccccc21. The van der Waals surface area contributed by atoms with Gasteiger partial charge in [0.1, 0.15) is 11.6 Å². The van der Waals surface area contributed by atoms with Crippen LogP contribution in [-0.2, 0) is 19.0 Å². The second-order valence-corrected chi connectivity index (χ2v) is 5.65. The molecule has 1 unspecified atom stereocenters. The molecule has 0 amide bonds. The van der Waals surface area contributed by atoms with Gasteiger partial charge in [-0.05, 0) is 25.1 Å². The van der Waals surface area contributed by atoms with Crippen LogP contribution in [0.25, 0.3) is 11.0 Å². The summed E-state index contributed by atoms with van der Waals surface area (Å²) in [6.07, 6.45) is 0.471. The van der Waals surface area contributed by atoms with Gasteiger partial charge in [-0.2, -0.15) is 0 Å². The van der Waals surface area contributed by atoms with Crippen molar-refractivity contribution in [3.05, 3.63) is 65.7 Å². The van der Waals surface area contributed by atoms with E-state index < -0.39 is 5.54 Å². The third-order valence-corrected chi connectivity index (χ3v) is 3.89. The summed E-state index contributed by atoms with van der Waals surface area (Å²) in [6.45, 7) is 1.84. The highest BCUT2D eigenvalue weighted by molar-refractivity contribution is 5.75. The monoisotopic (exact) mass is 283 g/mol. The molecular weight excluding hydrogens is 265 g/mol. The molecule has 3 nitrogen and oxygen atoms in total. The normalized spacial score (nSPS) is 14.3. The average Bonchev–Trinajstić information content (AvgIpc) is 2.76. The van der Waals surface area contributed by atoms with Crippen LogP contribution in [0.15, 0.2) is 48.5 Å². The van der Waals surface area contributed by atoms with Gasteiger partial charge in [-0.3, -0.25) is 0 Å². The summed E-state index contributed by atoms with van der Waals surface area (Å²) in [5.74, 6) is 0.575. The van der Waals surface area contributed by atoms with Crippen molar-refractivity contribution in [3.63, 3.8) is 0 Å². The second-order valence-electron chi connectivity index (χ2n) is 5.65. The minimum absolute atomic E-state index is 0.277. The summed E-state index contributed by atoms with van der Waals surface area (Å²) in [5, 5.41) is 0. The maximum absolute atomic E-state index is 14.0. The highest BCUT2D eigenvalue weighted by Crippen LogP contribution is 2.26. The summed E-state index contributed by atoms with van der Waals surface area (Å²) in [6, 6.07) is 14.6. The zero-order valence-corrected chi connectivity index (χ0v) is 12.2. The number of rotatable bonds is 3. The summed E-state index contributed by atoms with van der Waals surface area (Å²) in [5.41, 5.74) is 8.06. The Morgan fingerprint density at radius 3 is 2.52 bits per heavy atom. The smallest absolute Gasteiger partial charge is 0.128 e. The third-order valence-electron chi connectivity index (χ3n) is 3.89. The van der Waals surface area contributed by atoms with Crippen LogP contribution in [0.1, 0.15) is 18.3 Å². The van der Waals surface area contributed by atoms with Gasteiger partial charge in [0.15, 0.2) is 0 Å². The Hall–Kier alpha value is -2.20. The van der Waals surface area contributed by atoms with Gasteiger partial charge in [-0.15, -0.1) is 0 Å². The molecule has 0 saturated carbocycles. The van der Waals surface area contributed by atoms with Crippen molar-refractivity contribution >= 4 is 11.0 Å². The van der Waals surface area contributed by atoms with Crippen LogP contribution in [0.3, 0.4) is 0 Å². The van der Waals surface area contributed by atoms with Gasteiger partial charge >= 0.3 is 0 Å². The maximum atomic E-state index is 14.0. The standard InChI is InChI=1S/C17H18FN3/c1-17(19,12-7-3-4-8-13(12)18)11-16-20-14-9-5-6-10-15(14)21(16)2/h3-10H,11,19H2,1-2H3. The van der Waals surface area contributed by atoms with Crippen molar-refractivity contribution in [2.24, 2.45) is 12.8 Å². The van der Waals surface area contributed by atoms with Gasteiger partial charge in [0.25, 0.3) is 0 Å². The Morgan fingerprint density at radius 1 is 1.14 bits per heavy atom. The van der Waals surface area contributed by atoms with E-state index >= 15 is 0 Å². The van der Waals surface area contributed by atoms with Crippen LogP contribution in [0.2, 0.25) is 0 Å². The number of aromatic nitrogens is 2. The Morgan fingerprint density at radius 2 is 1.81 bits per heavy atom. The molecule has 3 rings (SSSR count). The van der Waals surface area contributed by atoms with E-state index in [0.29, 0.717) is 12.0 Å². The maximum Gasteiger partial charge on any atom is 0.128 e. The summed E-state index contributed by atoms with van der Waals surface area (Å²) in [7, 11) is 1.96. The third kappa shape index (κ3) is 2.43. The molecular formula is C17H18FN3. The summed E-state index contributed by atoms with van der Waals surface area (Å²) >= 11 is 0. The van der Waals surface area contributed by atoms with Crippen molar-refractivity contribution in [2.75, 3.05) is 0 Å². The van der Waals surface area contributed by atoms with Gasteiger partial charge in [-0.1, -0.05) is 30.3 Å². The van der Waals surface area contributed by atoms with Crippen LogP contribution in [0, 0.1) is 5.82 Å². The molecule has 0 fully saturated rings. The molecule has 1 aromatic heterocycles. The molecule has 2 aromatic carbocycles. The minimum Gasteiger partial charge on any atom is -0.331 e. The molecule has 0 spiro atoms. The van der Waals surface area contributed by atoms with E-state index in [-0.39, 0.29) is 5.82 Å². The van der Waals surface area contributed by atoms with E-state index in [4.69, 9.17) is 5.73 Å². The van der Waals surface area contributed by atoms with E-state index in [1.165, 1.54) is 6.07 Å². The molecule has 1 atom stereocenters. The number of nitrogens with zero attached hydrogens (tertiary/aromatic N) is 2. The lowest BCUT2D eigenvalue weighted by molar-refractivity contribution is 0.443. The van der Waals surface area contributed by atoms with Crippen LogP contribution < -0.4 is 5.73 Å². The Bertz CT molecular complexity index is 790. The average molecular weight is 283 g/mol. The number of para-hydroxylation sites is 2. The molecule has 108 valence electrons. The first-order valence-electron chi connectivity index (χ1n) is 6.93. The van der Waals surface area contributed by atoms with Gasteiger partial charge < -0.3 is 10.3 Å². The van der Waals surface area contributed by atoms with Crippen molar-refractivity contribution in [3.8, 4) is 0 Å². The largest absolute Gasteiger partial charge is 0.331 e. The van der Waals surface area contributed by atoms with Gasteiger partial charge in [0.2, 0.25) is 0 Å². The fourth-order valence-electron chi connectivity index (χ4n) is 2.70. The van der Waals surface area contributed by atoms with Gasteiger partial charge in [0.05, 0.1) is 11.0 Å². The number of aryl methyl sites for hydroxylation is 1. The second kappa shape index (κ2) is 4.97. The molecule has 0 radical (unpaired) electrons. The number of fused-ring (bicyclic) bond motifs is 1. The molecule has 0 aliphatic rings. The van der Waals surface area contributed by atoms with Crippen molar-refractivity contribution in [1.82, 2.24) is 9.55 Å². The fourth-order valence-corrected chi connectivity index (χ4v) is 2.70. The van der Waals surface area contributed by atoms with Gasteiger partial charge in [-0.25, -0.2) is 9.37 Å². The molecule has 0 aliphatic carbocycles. The van der Waals surface area contributed by atoms with Crippen LogP contribution in [-0.4, -0.2) is 9.55 Å². The molecule has 2 N–H and O–H groups in total. The lowest BCUT2D eigenvalue weighted by atomic mass is 9.89. The summed E-state index contributed by atoms with van der Waals surface area (Å²) in [4.78, 5) is 4.61. The predicted molar refractivity (Wildman–Crippen MR) is 82.4 cm³/mol. The Labute approximate surface area is 123 Å². The number of hydrogen-bond donors (Lipinski definition) is 1. The predicted octanol–water partition coefficient (Wildman–Crippen LogP) is 3.13. The molecule has 1 heterocycles. The topological polar surface area (TPSA) is 43.8 Å². The molecule has 4 heteroatoms. The first-order chi connectivity index (χ1) is 9.99. The van der Waals surface area contributed by atoms with Crippen molar-refractivity contribution < 1.29 is 4.39 Å². The number of hydrogen-bond acceptors (Lipinski definition) is 2. The van der Waals surface area contributed by atoms with E-state index in [9.17, 15) is 4.39 Å². The zero-order chi connectivity index (χ0) is 15.0. The molecule has 0 aliphatic heterocycles. The zero-order valence-electron chi connectivity index (χ0n) is 12.2. The van der Waals surface area contributed by atoms with E-state index in [1.807, 2.05) is 42.8 Å². The van der Waals surface area contributed by atoms with Gasteiger partial charge in [0, 0.05) is 24.6 Å². The molecule has 0 saturated heterocycles. The number of halogens is 1.